The average Bonchev–Trinajstić information content (AvgIpc) is 3.30. The third-order valence-corrected chi connectivity index (χ3v) is 8.30. The van der Waals surface area contributed by atoms with Gasteiger partial charge in [-0.2, -0.15) is 12.6 Å². The van der Waals surface area contributed by atoms with E-state index in [1.165, 1.54) is 11.8 Å². The van der Waals surface area contributed by atoms with Crippen molar-refractivity contribution in [2.45, 2.75) is 23.9 Å². The second-order valence-corrected chi connectivity index (χ2v) is 10.9. The minimum atomic E-state index is -1.03. The zero-order valence-corrected chi connectivity index (χ0v) is 23.1. The summed E-state index contributed by atoms with van der Waals surface area (Å²) in [5.74, 6) is 0.432. The smallest absolute Gasteiger partial charge is 0.220 e. The number of thiol groups is 1. The van der Waals surface area contributed by atoms with Crippen LogP contribution in [-0.4, -0.2) is 63.6 Å². The highest BCUT2D eigenvalue weighted by Gasteiger charge is 2.27. The number of nitrogens with zero attached hydrogens (tertiary/aromatic N) is 3. The molecule has 3 atom stereocenters. The lowest BCUT2D eigenvalue weighted by molar-refractivity contribution is 0.0502. The number of thioether (sulfide) groups is 1. The lowest BCUT2D eigenvalue weighted by Crippen LogP contribution is -2.29. The van der Waals surface area contributed by atoms with Gasteiger partial charge in [0.25, 0.3) is 0 Å². The second kappa shape index (κ2) is 12.2. The molecule has 40 heavy (non-hydrogen) atoms. The summed E-state index contributed by atoms with van der Waals surface area (Å²) >= 11 is 5.39. The van der Waals surface area contributed by atoms with Gasteiger partial charge in [-0.3, -0.25) is 4.40 Å². The normalized spacial score (nSPS) is 13.8. The monoisotopic (exact) mass is 576 g/mol. The summed E-state index contributed by atoms with van der Waals surface area (Å²) in [6, 6.07) is 23.1. The molecule has 10 heteroatoms. The highest BCUT2D eigenvalue weighted by Crippen LogP contribution is 2.41. The lowest BCUT2D eigenvalue weighted by atomic mass is 10.1. The first kappa shape index (κ1) is 27.9. The van der Waals surface area contributed by atoms with E-state index in [9.17, 15) is 25.5 Å². The molecular formula is C30H29N3O5S2. The minimum Gasteiger partial charge on any atom is -0.508 e. The van der Waals surface area contributed by atoms with Crippen LogP contribution >= 0.6 is 24.4 Å². The van der Waals surface area contributed by atoms with E-state index in [2.05, 4.69) is 12.6 Å². The van der Waals surface area contributed by atoms with Gasteiger partial charge in [0.1, 0.15) is 17.2 Å². The predicted molar refractivity (Wildman–Crippen MR) is 159 cm³/mol. The fraction of sp³-hybridized carbons (Fsp3) is 0.200. The van der Waals surface area contributed by atoms with Crippen LogP contribution in [0.1, 0.15) is 27.8 Å². The van der Waals surface area contributed by atoms with Crippen molar-refractivity contribution in [2.24, 2.45) is 0 Å². The van der Waals surface area contributed by atoms with Crippen molar-refractivity contribution in [1.82, 2.24) is 14.4 Å². The van der Waals surface area contributed by atoms with Crippen LogP contribution in [0.2, 0.25) is 0 Å². The number of imidazole rings is 1. The number of benzene rings is 3. The molecule has 5 N–H and O–H groups in total. The lowest BCUT2D eigenvalue weighted by Gasteiger charge is -2.20. The Morgan fingerprint density at radius 3 is 2.10 bits per heavy atom. The fourth-order valence-electron chi connectivity index (χ4n) is 4.38. The second-order valence-electron chi connectivity index (χ2n) is 9.42. The molecular weight excluding hydrogens is 547 g/mol. The predicted octanol–water partition coefficient (Wildman–Crippen LogP) is 4.58. The third-order valence-electron chi connectivity index (χ3n) is 6.56. The van der Waals surface area contributed by atoms with E-state index >= 15 is 0 Å². The van der Waals surface area contributed by atoms with Crippen LogP contribution < -0.4 is 0 Å². The van der Waals surface area contributed by atoms with Crippen molar-refractivity contribution in [1.29, 1.82) is 0 Å². The van der Waals surface area contributed by atoms with Crippen LogP contribution in [-0.2, 0) is 6.42 Å². The van der Waals surface area contributed by atoms with E-state index in [4.69, 9.17) is 9.97 Å². The number of hydrogen-bond donors (Lipinski definition) is 6. The molecule has 0 fully saturated rings. The van der Waals surface area contributed by atoms with E-state index in [-0.39, 0.29) is 28.9 Å². The molecule has 0 saturated heterocycles. The summed E-state index contributed by atoms with van der Waals surface area (Å²) in [6.45, 7) is 0. The number of fused-ring (bicyclic) bond motifs is 1. The van der Waals surface area contributed by atoms with E-state index in [0.717, 1.165) is 16.7 Å². The van der Waals surface area contributed by atoms with Crippen molar-refractivity contribution in [3.63, 3.8) is 0 Å². The molecule has 0 aliphatic rings. The topological polar surface area (TPSA) is 131 Å². The first-order chi connectivity index (χ1) is 19.3. The molecule has 0 aliphatic carbocycles. The Bertz CT molecular complexity index is 1580. The summed E-state index contributed by atoms with van der Waals surface area (Å²) < 4.78 is 1.61. The van der Waals surface area contributed by atoms with Gasteiger partial charge in [0.2, 0.25) is 5.88 Å². The van der Waals surface area contributed by atoms with Crippen LogP contribution in [0, 0.1) is 0 Å². The summed E-state index contributed by atoms with van der Waals surface area (Å²) in [7, 11) is 0. The van der Waals surface area contributed by atoms with Gasteiger partial charge in [0.15, 0.2) is 5.65 Å². The Kier molecular flexibility index (Phi) is 8.51. The van der Waals surface area contributed by atoms with Crippen molar-refractivity contribution >= 4 is 30.0 Å². The third kappa shape index (κ3) is 6.05. The quantitative estimate of drug-likeness (QED) is 0.105. The van der Waals surface area contributed by atoms with Crippen LogP contribution in [0.4, 0.5) is 0 Å². The Morgan fingerprint density at radius 2 is 1.45 bits per heavy atom. The number of phenolic OH excluding ortho intramolecular Hbond substituents is 2. The molecule has 0 saturated carbocycles. The largest absolute Gasteiger partial charge is 0.508 e. The number of aromatic hydroxyl groups is 3. The van der Waals surface area contributed by atoms with Crippen LogP contribution in [0.3, 0.4) is 0 Å². The molecule has 8 nitrogen and oxygen atoms in total. The maximum absolute atomic E-state index is 11.5. The minimum absolute atomic E-state index is 0.0819. The summed E-state index contributed by atoms with van der Waals surface area (Å²) in [5, 5.41) is 51.1. The van der Waals surface area contributed by atoms with E-state index in [1.807, 2.05) is 30.3 Å². The number of aliphatic hydroxyl groups is 2. The maximum atomic E-state index is 11.5. The van der Waals surface area contributed by atoms with Gasteiger partial charge >= 0.3 is 0 Å². The van der Waals surface area contributed by atoms with Crippen molar-refractivity contribution in [3.8, 4) is 28.6 Å². The number of rotatable bonds is 10. The van der Waals surface area contributed by atoms with Gasteiger partial charge in [0.05, 0.1) is 28.8 Å². The molecule has 0 aliphatic heterocycles. The van der Waals surface area contributed by atoms with E-state index < -0.39 is 17.5 Å². The number of aromatic nitrogens is 3. The van der Waals surface area contributed by atoms with Crippen LogP contribution in [0.25, 0.3) is 16.9 Å². The van der Waals surface area contributed by atoms with Gasteiger partial charge in [-0.1, -0.05) is 42.5 Å². The average molecular weight is 577 g/mol. The molecule has 206 valence electrons. The van der Waals surface area contributed by atoms with E-state index in [1.54, 1.807) is 59.1 Å². The SMILES string of the molecule is Oc1ccc(-c2cn3c(O)c([13CH](SC[C@@H](O)[C@H](O)CS)c4ccc(O)cc4)nc3c(Cc3ccccc3)n2)cc1. The van der Waals surface area contributed by atoms with Crippen molar-refractivity contribution in [3.05, 3.63) is 108 Å². The molecule has 2 heterocycles. The molecule has 1 unspecified atom stereocenters. The summed E-state index contributed by atoms with van der Waals surface area (Å²) in [6.07, 6.45) is 0.147. The van der Waals surface area contributed by atoms with Gasteiger partial charge < -0.3 is 25.5 Å². The van der Waals surface area contributed by atoms with Gasteiger partial charge in [-0.15, -0.1) is 11.8 Å². The van der Waals surface area contributed by atoms with E-state index in [0.29, 0.717) is 29.1 Å². The standard InChI is InChI=1S/C30H29N3O5S2/c34-21-10-6-19(7-11-21)24-15-33-29(23(31-24)14-18-4-2-1-3-5-18)32-27(30(33)38)28(20-8-12-22(35)13-9-20)40-17-26(37)25(36)16-39/h1-13,15,25-26,28,34-39H,14,16-17H2/t25-,26-,28?/m1/s1/i28+1. The van der Waals surface area contributed by atoms with Crippen LogP contribution in [0.15, 0.2) is 85.1 Å². The Morgan fingerprint density at radius 1 is 0.800 bits per heavy atom. The van der Waals surface area contributed by atoms with Gasteiger partial charge in [-0.25, -0.2) is 9.97 Å². The number of hydrogen-bond acceptors (Lipinski definition) is 9. The Labute approximate surface area is 241 Å². The first-order valence-electron chi connectivity index (χ1n) is 12.7. The maximum Gasteiger partial charge on any atom is 0.220 e. The molecule has 5 rings (SSSR count). The number of aliphatic hydroxyl groups excluding tert-OH is 2. The summed E-state index contributed by atoms with van der Waals surface area (Å²) in [5.41, 5.74) is 4.64. The molecule has 0 bridgehead atoms. The Balaban J connectivity index is 1.64. The zero-order valence-electron chi connectivity index (χ0n) is 21.4. The molecule has 0 amide bonds. The molecule has 0 spiro atoms. The molecule has 3 aromatic carbocycles. The summed E-state index contributed by atoms with van der Waals surface area (Å²) in [4.78, 5) is 9.77. The van der Waals surface area contributed by atoms with Crippen LogP contribution in [0.5, 0.6) is 17.4 Å². The van der Waals surface area contributed by atoms with Gasteiger partial charge in [0, 0.05) is 29.7 Å². The highest BCUT2D eigenvalue weighted by molar-refractivity contribution is 7.99. The molecule has 5 aromatic rings. The highest BCUT2D eigenvalue weighted by atomic mass is 32.2. The first-order valence-corrected chi connectivity index (χ1v) is 14.3. The number of phenols is 2. The van der Waals surface area contributed by atoms with Gasteiger partial charge in [-0.05, 0) is 47.5 Å². The molecule has 0 radical (unpaired) electrons. The van der Waals surface area contributed by atoms with Crippen molar-refractivity contribution < 1.29 is 25.5 Å². The Hall–Kier alpha value is -3.70. The zero-order chi connectivity index (χ0) is 28.2. The van der Waals surface area contributed by atoms with Crippen molar-refractivity contribution in [2.75, 3.05) is 11.5 Å². The fourth-order valence-corrected chi connectivity index (χ4v) is 5.90. The molecule has 2 aromatic heterocycles.